The van der Waals surface area contributed by atoms with Crippen LogP contribution >= 0.6 is 23.1 Å². The van der Waals surface area contributed by atoms with Gasteiger partial charge in [0.15, 0.2) is 0 Å². The minimum Gasteiger partial charge on any atom is -0.465 e. The van der Waals surface area contributed by atoms with Gasteiger partial charge in [-0.3, -0.25) is 4.79 Å². The molecule has 182 valence electrons. The Balaban J connectivity index is 1.24. The Bertz CT molecular complexity index is 1530. The van der Waals surface area contributed by atoms with Crippen molar-refractivity contribution in [1.82, 2.24) is 15.2 Å². The Morgan fingerprint density at radius 2 is 1.78 bits per heavy atom. The standard InChI is InChI=1S/C27H24N4O3S2/c1-14(24(32)29-25-21(26(33)34-2)16-10-4-3-5-13-19(16)36-25)35-27-28-22-17-11-6-8-15-9-7-12-18(20(15)17)23(22)30-31-27/h6-9,11-12,14H,3-5,10,13H2,1-2H3,(H,29,32). The largest absolute Gasteiger partial charge is 0.465 e. The van der Waals surface area contributed by atoms with Crippen LogP contribution in [0.25, 0.3) is 33.3 Å². The maximum atomic E-state index is 13.2. The summed E-state index contributed by atoms with van der Waals surface area (Å²) in [4.78, 5) is 31.7. The lowest BCUT2D eigenvalue weighted by molar-refractivity contribution is -0.115. The Morgan fingerprint density at radius 1 is 1.03 bits per heavy atom. The quantitative estimate of drug-likeness (QED) is 0.176. The van der Waals surface area contributed by atoms with Crippen molar-refractivity contribution in [1.29, 1.82) is 0 Å². The number of ether oxygens (including phenoxy) is 1. The van der Waals surface area contributed by atoms with E-state index in [1.54, 1.807) is 0 Å². The number of fused-ring (bicyclic) bond motifs is 4. The number of methoxy groups -OCH3 is 1. The number of nitrogens with one attached hydrogen (secondary N) is 1. The average Bonchev–Trinajstić information content (AvgIpc) is 3.29. The molecule has 1 unspecified atom stereocenters. The predicted molar refractivity (Wildman–Crippen MR) is 143 cm³/mol. The molecule has 4 aromatic rings. The summed E-state index contributed by atoms with van der Waals surface area (Å²) in [5.41, 5.74) is 5.17. The molecule has 0 aliphatic heterocycles. The second-order valence-corrected chi connectivity index (χ2v) is 11.4. The molecule has 2 aliphatic rings. The topological polar surface area (TPSA) is 94.1 Å². The van der Waals surface area contributed by atoms with Gasteiger partial charge in [-0.1, -0.05) is 54.6 Å². The second-order valence-electron chi connectivity index (χ2n) is 9.01. The molecule has 0 radical (unpaired) electrons. The van der Waals surface area contributed by atoms with Gasteiger partial charge >= 0.3 is 5.97 Å². The maximum absolute atomic E-state index is 13.2. The first-order valence-corrected chi connectivity index (χ1v) is 13.7. The van der Waals surface area contributed by atoms with Crippen LogP contribution in [-0.2, 0) is 22.4 Å². The third kappa shape index (κ3) is 3.87. The molecule has 0 bridgehead atoms. The molecule has 2 aromatic heterocycles. The summed E-state index contributed by atoms with van der Waals surface area (Å²) in [6, 6.07) is 12.3. The Kier molecular flexibility index (Phi) is 5.97. The SMILES string of the molecule is COC(=O)c1c(NC(=O)C(C)Sc2nnc3c(n2)-c2cccc4cccc-3c24)sc2c1CCCCC2. The molecule has 1 N–H and O–H groups in total. The molecule has 36 heavy (non-hydrogen) atoms. The van der Waals surface area contributed by atoms with Gasteiger partial charge < -0.3 is 10.1 Å². The van der Waals surface area contributed by atoms with Crippen molar-refractivity contribution in [2.24, 2.45) is 0 Å². The van der Waals surface area contributed by atoms with E-state index in [2.05, 4.69) is 27.6 Å². The fourth-order valence-electron chi connectivity index (χ4n) is 5.04. The first-order valence-electron chi connectivity index (χ1n) is 12.0. The van der Waals surface area contributed by atoms with Crippen LogP contribution in [0.15, 0.2) is 41.6 Å². The van der Waals surface area contributed by atoms with E-state index < -0.39 is 11.2 Å². The molecule has 1 amide bonds. The van der Waals surface area contributed by atoms with E-state index >= 15 is 0 Å². The summed E-state index contributed by atoms with van der Waals surface area (Å²) in [6.45, 7) is 1.81. The van der Waals surface area contributed by atoms with Crippen molar-refractivity contribution >= 4 is 50.7 Å². The first-order chi connectivity index (χ1) is 17.5. The van der Waals surface area contributed by atoms with E-state index in [4.69, 9.17) is 9.72 Å². The molecule has 9 heteroatoms. The summed E-state index contributed by atoms with van der Waals surface area (Å²) in [5, 5.41) is 14.6. The van der Waals surface area contributed by atoms with Gasteiger partial charge in [-0.25, -0.2) is 9.78 Å². The average molecular weight is 517 g/mol. The third-order valence-electron chi connectivity index (χ3n) is 6.78. The van der Waals surface area contributed by atoms with Gasteiger partial charge in [0, 0.05) is 21.4 Å². The van der Waals surface area contributed by atoms with Crippen molar-refractivity contribution < 1.29 is 14.3 Å². The number of nitrogens with zero attached hydrogens (tertiary/aromatic N) is 3. The number of thiophene rings is 1. The van der Waals surface area contributed by atoms with E-state index in [-0.39, 0.29) is 5.91 Å². The van der Waals surface area contributed by atoms with E-state index in [0.29, 0.717) is 15.7 Å². The van der Waals surface area contributed by atoms with Crippen LogP contribution in [-0.4, -0.2) is 39.4 Å². The minimum atomic E-state index is -0.489. The van der Waals surface area contributed by atoms with Crippen LogP contribution in [0.4, 0.5) is 5.00 Å². The van der Waals surface area contributed by atoms with Crippen molar-refractivity contribution in [3.8, 4) is 22.5 Å². The van der Waals surface area contributed by atoms with Crippen LogP contribution < -0.4 is 5.32 Å². The number of rotatable bonds is 5. The maximum Gasteiger partial charge on any atom is 0.341 e. The molecule has 7 nitrogen and oxygen atoms in total. The highest BCUT2D eigenvalue weighted by atomic mass is 32.2. The monoisotopic (exact) mass is 516 g/mol. The van der Waals surface area contributed by atoms with Crippen LogP contribution in [0.5, 0.6) is 0 Å². The van der Waals surface area contributed by atoms with E-state index in [9.17, 15) is 9.59 Å². The van der Waals surface area contributed by atoms with Crippen molar-refractivity contribution in [2.75, 3.05) is 12.4 Å². The smallest absolute Gasteiger partial charge is 0.341 e. The number of thioether (sulfide) groups is 1. The van der Waals surface area contributed by atoms with Crippen LogP contribution in [0, 0.1) is 0 Å². The van der Waals surface area contributed by atoms with Crippen LogP contribution in [0.2, 0.25) is 0 Å². The lowest BCUT2D eigenvalue weighted by Crippen LogP contribution is -2.23. The molecule has 0 saturated carbocycles. The van der Waals surface area contributed by atoms with Gasteiger partial charge in [-0.2, -0.15) is 0 Å². The Morgan fingerprint density at radius 3 is 2.56 bits per heavy atom. The lowest BCUT2D eigenvalue weighted by atomic mass is 10.0. The van der Waals surface area contributed by atoms with E-state index in [0.717, 1.165) is 71.0 Å². The highest BCUT2D eigenvalue weighted by Gasteiger charge is 2.29. The number of benzene rings is 2. The zero-order valence-corrected chi connectivity index (χ0v) is 21.6. The zero-order valence-electron chi connectivity index (χ0n) is 20.0. The molecule has 1 atom stereocenters. The molecule has 0 saturated heterocycles. The van der Waals surface area contributed by atoms with Gasteiger partial charge in [-0.15, -0.1) is 21.5 Å². The highest BCUT2D eigenvalue weighted by Crippen LogP contribution is 2.45. The summed E-state index contributed by atoms with van der Waals surface area (Å²) < 4.78 is 5.06. The number of amides is 1. The van der Waals surface area contributed by atoms with Gasteiger partial charge in [0.2, 0.25) is 11.1 Å². The highest BCUT2D eigenvalue weighted by molar-refractivity contribution is 8.00. The van der Waals surface area contributed by atoms with Crippen molar-refractivity contribution in [3.63, 3.8) is 0 Å². The number of carbonyl (C=O) groups is 2. The van der Waals surface area contributed by atoms with Crippen LogP contribution in [0.1, 0.15) is 47.0 Å². The van der Waals surface area contributed by atoms with E-state index in [1.165, 1.54) is 35.1 Å². The first kappa shape index (κ1) is 23.1. The Hall–Kier alpha value is -3.30. The summed E-state index contributed by atoms with van der Waals surface area (Å²) in [7, 11) is 1.38. The molecule has 0 fully saturated rings. The normalized spacial score (nSPS) is 14.6. The predicted octanol–water partition coefficient (Wildman–Crippen LogP) is 5.91. The summed E-state index contributed by atoms with van der Waals surface area (Å²) in [6.07, 6.45) is 5.03. The number of aromatic nitrogens is 3. The number of anilines is 1. The number of aryl methyl sites for hydroxylation is 1. The fraction of sp³-hybridized carbons (Fsp3) is 0.296. The molecule has 2 aliphatic carbocycles. The zero-order chi connectivity index (χ0) is 24.8. The van der Waals surface area contributed by atoms with Gasteiger partial charge in [0.25, 0.3) is 0 Å². The Labute approximate surface area is 216 Å². The van der Waals surface area contributed by atoms with Gasteiger partial charge in [0.1, 0.15) is 16.4 Å². The third-order valence-corrected chi connectivity index (χ3v) is 8.94. The molecular formula is C27H24N4O3S2. The van der Waals surface area contributed by atoms with Crippen molar-refractivity contribution in [2.45, 2.75) is 49.4 Å². The minimum absolute atomic E-state index is 0.212. The van der Waals surface area contributed by atoms with E-state index in [1.807, 2.05) is 31.2 Å². The van der Waals surface area contributed by atoms with Gasteiger partial charge in [0.05, 0.1) is 17.9 Å². The van der Waals surface area contributed by atoms with Crippen molar-refractivity contribution in [3.05, 3.63) is 52.4 Å². The molecule has 2 heterocycles. The lowest BCUT2D eigenvalue weighted by Gasteiger charge is -2.12. The summed E-state index contributed by atoms with van der Waals surface area (Å²) >= 11 is 2.75. The number of esters is 1. The number of carbonyl (C=O) groups excluding carboxylic acids is 2. The number of hydrogen-bond acceptors (Lipinski definition) is 8. The van der Waals surface area contributed by atoms with Crippen LogP contribution in [0.3, 0.4) is 0 Å². The fourth-order valence-corrected chi connectivity index (χ4v) is 7.03. The molecule has 0 spiro atoms. The number of hydrogen-bond donors (Lipinski definition) is 1. The van der Waals surface area contributed by atoms with Gasteiger partial charge in [-0.05, 0) is 43.6 Å². The molecular weight excluding hydrogens is 492 g/mol. The second kappa shape index (κ2) is 9.29. The molecule has 2 aromatic carbocycles. The summed E-state index contributed by atoms with van der Waals surface area (Å²) in [5.74, 6) is -0.610. The molecule has 6 rings (SSSR count).